The molecule has 0 radical (unpaired) electrons. The average Bonchev–Trinajstić information content (AvgIpc) is 2.97. The number of hydrogen-bond acceptors (Lipinski definition) is 5. The van der Waals surface area contributed by atoms with Gasteiger partial charge in [0.1, 0.15) is 11.4 Å². The lowest BCUT2D eigenvalue weighted by Gasteiger charge is -2.14. The van der Waals surface area contributed by atoms with Crippen LogP contribution in [0.25, 0.3) is 6.08 Å². The average molecular weight is 398 g/mol. The predicted octanol–water partition coefficient (Wildman–Crippen LogP) is 3.75. The van der Waals surface area contributed by atoms with E-state index in [2.05, 4.69) is 5.32 Å². The zero-order valence-corrected chi connectivity index (χ0v) is 16.8. The Bertz CT molecular complexity index is 909. The lowest BCUT2D eigenvalue weighted by Crippen LogP contribution is -2.30. The summed E-state index contributed by atoms with van der Waals surface area (Å²) in [5.41, 5.74) is 1.87. The van der Waals surface area contributed by atoms with E-state index in [1.165, 1.54) is 4.90 Å². The van der Waals surface area contributed by atoms with Crippen LogP contribution in [0.2, 0.25) is 0 Å². The zero-order chi connectivity index (χ0) is 20.1. The summed E-state index contributed by atoms with van der Waals surface area (Å²) < 4.78 is 16.3. The molecule has 1 fully saturated rings. The van der Waals surface area contributed by atoms with Crippen LogP contribution in [-0.2, 0) is 4.79 Å². The number of nitrogens with zero attached hydrogens (tertiary/aromatic N) is 1. The van der Waals surface area contributed by atoms with Crippen LogP contribution >= 0.6 is 12.2 Å². The number of hydrogen-bond donors (Lipinski definition) is 1. The Morgan fingerprint density at radius 1 is 1.04 bits per heavy atom. The molecule has 1 N–H and O–H groups in total. The highest BCUT2D eigenvalue weighted by molar-refractivity contribution is 7.80. The molecule has 2 aromatic carbocycles. The van der Waals surface area contributed by atoms with Gasteiger partial charge in [0.15, 0.2) is 16.6 Å². The molecule has 28 heavy (non-hydrogen) atoms. The third kappa shape index (κ3) is 4.09. The van der Waals surface area contributed by atoms with Crippen molar-refractivity contribution < 1.29 is 19.0 Å². The van der Waals surface area contributed by atoms with Gasteiger partial charge < -0.3 is 19.5 Å². The van der Waals surface area contributed by atoms with Gasteiger partial charge in [-0.25, -0.2) is 0 Å². The Morgan fingerprint density at radius 2 is 1.75 bits per heavy atom. The first kappa shape index (κ1) is 19.7. The number of ether oxygens (including phenoxy) is 3. The molecule has 0 unspecified atom stereocenters. The Labute approximate surface area is 169 Å². The van der Waals surface area contributed by atoms with E-state index in [1.807, 2.05) is 44.2 Å². The van der Waals surface area contributed by atoms with Gasteiger partial charge in [-0.05, 0) is 74.1 Å². The molecule has 0 aromatic heterocycles. The van der Waals surface area contributed by atoms with E-state index in [1.54, 1.807) is 25.3 Å². The molecule has 7 heteroatoms. The number of nitrogens with one attached hydrogen (secondary N) is 1. The first-order valence-electron chi connectivity index (χ1n) is 8.98. The van der Waals surface area contributed by atoms with Crippen molar-refractivity contribution in [3.05, 3.63) is 53.7 Å². The number of carbonyl (C=O) groups excluding carboxylic acids is 1. The molecule has 1 aliphatic rings. The van der Waals surface area contributed by atoms with E-state index in [-0.39, 0.29) is 5.91 Å². The second-order valence-corrected chi connectivity index (χ2v) is 6.29. The van der Waals surface area contributed by atoms with Gasteiger partial charge in [0.25, 0.3) is 5.91 Å². The second kappa shape index (κ2) is 8.75. The van der Waals surface area contributed by atoms with Crippen molar-refractivity contribution in [2.75, 3.05) is 25.2 Å². The number of methoxy groups -OCH3 is 1. The molecule has 2 aromatic rings. The molecule has 146 valence electrons. The van der Waals surface area contributed by atoms with Crippen molar-refractivity contribution in [3.63, 3.8) is 0 Å². The van der Waals surface area contributed by atoms with E-state index in [9.17, 15) is 4.79 Å². The first-order valence-corrected chi connectivity index (χ1v) is 9.39. The monoisotopic (exact) mass is 398 g/mol. The van der Waals surface area contributed by atoms with Gasteiger partial charge in [-0.1, -0.05) is 6.07 Å². The Kier molecular flexibility index (Phi) is 6.16. The predicted molar refractivity (Wildman–Crippen MR) is 113 cm³/mol. The quantitative estimate of drug-likeness (QED) is 0.566. The Hall–Kier alpha value is -3.06. The van der Waals surface area contributed by atoms with Gasteiger partial charge in [0.2, 0.25) is 0 Å². The molecular formula is C21H22N2O4S. The van der Waals surface area contributed by atoms with Crippen molar-refractivity contribution >= 4 is 35.0 Å². The van der Waals surface area contributed by atoms with Gasteiger partial charge >= 0.3 is 0 Å². The van der Waals surface area contributed by atoms with Crippen molar-refractivity contribution in [2.45, 2.75) is 13.8 Å². The second-order valence-electron chi connectivity index (χ2n) is 5.90. The van der Waals surface area contributed by atoms with E-state index in [0.29, 0.717) is 41.2 Å². The summed E-state index contributed by atoms with van der Waals surface area (Å²) in [5, 5.41) is 3.32. The van der Waals surface area contributed by atoms with E-state index >= 15 is 0 Å². The number of benzene rings is 2. The largest absolute Gasteiger partial charge is 0.494 e. The van der Waals surface area contributed by atoms with E-state index < -0.39 is 0 Å². The van der Waals surface area contributed by atoms with Crippen LogP contribution in [0, 0.1) is 0 Å². The standard InChI is InChI=1S/C21H22N2O4S/c1-4-26-16-9-7-15(8-10-16)23-20(24)17(22-21(23)28)12-14-6-11-18(27-5-2)19(13-14)25-3/h6-13H,4-5H2,1-3H3,(H,22,28). The maximum Gasteiger partial charge on any atom is 0.281 e. The van der Waals surface area contributed by atoms with Gasteiger partial charge in [0.05, 0.1) is 26.0 Å². The topological polar surface area (TPSA) is 60.0 Å². The van der Waals surface area contributed by atoms with E-state index in [4.69, 9.17) is 26.4 Å². The molecular weight excluding hydrogens is 376 g/mol. The summed E-state index contributed by atoms with van der Waals surface area (Å²) in [5.74, 6) is 1.79. The summed E-state index contributed by atoms with van der Waals surface area (Å²) in [4.78, 5) is 14.3. The van der Waals surface area contributed by atoms with E-state index in [0.717, 1.165) is 11.3 Å². The molecule has 1 saturated heterocycles. The van der Waals surface area contributed by atoms with Crippen LogP contribution in [0.15, 0.2) is 48.2 Å². The SMILES string of the molecule is CCOc1ccc(N2C(=O)C(=Cc3ccc(OCC)c(OC)c3)NC2=S)cc1. The molecule has 0 spiro atoms. The third-order valence-electron chi connectivity index (χ3n) is 4.08. The minimum Gasteiger partial charge on any atom is -0.494 e. The molecule has 0 saturated carbocycles. The molecule has 1 aliphatic heterocycles. The molecule has 0 bridgehead atoms. The lowest BCUT2D eigenvalue weighted by molar-refractivity contribution is -0.113. The summed E-state index contributed by atoms with van der Waals surface area (Å²) in [6.45, 7) is 4.96. The normalized spacial score (nSPS) is 15.0. The molecule has 6 nitrogen and oxygen atoms in total. The summed E-state index contributed by atoms with van der Waals surface area (Å²) in [6.07, 6.45) is 1.74. The number of thiocarbonyl (C=S) groups is 1. The van der Waals surface area contributed by atoms with Gasteiger partial charge in [-0.15, -0.1) is 0 Å². The van der Waals surface area contributed by atoms with Crippen LogP contribution in [-0.4, -0.2) is 31.3 Å². The van der Waals surface area contributed by atoms with Crippen LogP contribution < -0.4 is 24.4 Å². The van der Waals surface area contributed by atoms with Crippen molar-refractivity contribution in [1.29, 1.82) is 0 Å². The van der Waals surface area contributed by atoms with Gasteiger partial charge in [0, 0.05) is 0 Å². The zero-order valence-electron chi connectivity index (χ0n) is 16.0. The molecule has 1 amide bonds. The smallest absolute Gasteiger partial charge is 0.281 e. The van der Waals surface area contributed by atoms with Crippen molar-refractivity contribution in [2.24, 2.45) is 0 Å². The van der Waals surface area contributed by atoms with Gasteiger partial charge in [-0.3, -0.25) is 9.69 Å². The van der Waals surface area contributed by atoms with Crippen LogP contribution in [0.4, 0.5) is 5.69 Å². The number of anilines is 1. The van der Waals surface area contributed by atoms with Crippen molar-refractivity contribution in [3.8, 4) is 17.2 Å². The minimum absolute atomic E-state index is 0.220. The van der Waals surface area contributed by atoms with Crippen LogP contribution in [0.3, 0.4) is 0 Å². The summed E-state index contributed by atoms with van der Waals surface area (Å²) in [7, 11) is 1.58. The van der Waals surface area contributed by atoms with Crippen LogP contribution in [0.1, 0.15) is 19.4 Å². The number of amides is 1. The fourth-order valence-corrected chi connectivity index (χ4v) is 3.14. The van der Waals surface area contributed by atoms with Gasteiger partial charge in [-0.2, -0.15) is 0 Å². The highest BCUT2D eigenvalue weighted by Gasteiger charge is 2.32. The summed E-state index contributed by atoms with van der Waals surface area (Å²) >= 11 is 5.36. The molecule has 0 atom stereocenters. The molecule has 0 aliphatic carbocycles. The Balaban J connectivity index is 1.84. The Morgan fingerprint density at radius 3 is 2.39 bits per heavy atom. The maximum atomic E-state index is 12.9. The molecule has 1 heterocycles. The fraction of sp³-hybridized carbons (Fsp3) is 0.238. The maximum absolute atomic E-state index is 12.9. The minimum atomic E-state index is -0.220. The number of carbonyl (C=O) groups is 1. The highest BCUT2D eigenvalue weighted by atomic mass is 32.1. The van der Waals surface area contributed by atoms with Crippen molar-refractivity contribution in [1.82, 2.24) is 5.32 Å². The van der Waals surface area contributed by atoms with Crippen LogP contribution in [0.5, 0.6) is 17.2 Å². The third-order valence-corrected chi connectivity index (χ3v) is 4.37. The number of rotatable bonds is 7. The molecule has 3 rings (SSSR count). The first-order chi connectivity index (χ1) is 13.6. The fourth-order valence-electron chi connectivity index (χ4n) is 2.84. The lowest BCUT2D eigenvalue weighted by atomic mass is 10.1. The highest BCUT2D eigenvalue weighted by Crippen LogP contribution is 2.30. The summed E-state index contributed by atoms with van der Waals surface area (Å²) in [6, 6.07) is 12.7.